The fourth-order valence-corrected chi connectivity index (χ4v) is 7.33. The van der Waals surface area contributed by atoms with Crippen molar-refractivity contribution in [3.63, 3.8) is 0 Å². The molecule has 0 bridgehead atoms. The summed E-state index contributed by atoms with van der Waals surface area (Å²) in [6.45, 7) is 3.16. The predicted molar refractivity (Wildman–Crippen MR) is 251 cm³/mol. The zero-order valence-corrected chi connectivity index (χ0v) is 39.6. The molecule has 0 saturated carbocycles. The number of nitrogens with two attached hydrogens (primary N) is 1. The van der Waals surface area contributed by atoms with Crippen LogP contribution in [-0.2, 0) is 32.7 Å². The van der Waals surface area contributed by atoms with Gasteiger partial charge in [0.15, 0.2) is 6.10 Å². The minimum Gasteiger partial charge on any atom is -0.462 e. The number of carbonyl (C=O) groups is 2. The van der Waals surface area contributed by atoms with Crippen molar-refractivity contribution in [1.29, 1.82) is 0 Å². The number of phosphoric ester groups is 1. The van der Waals surface area contributed by atoms with Crippen LogP contribution in [0.4, 0.5) is 0 Å². The Balaban J connectivity index is 4.34. The number of aliphatic hydroxyl groups is 3. The Morgan fingerprint density at radius 3 is 1.60 bits per heavy atom. The van der Waals surface area contributed by atoms with Crippen LogP contribution in [0.2, 0.25) is 0 Å². The van der Waals surface area contributed by atoms with E-state index >= 15 is 0 Å². The minimum atomic E-state index is -4.48. The van der Waals surface area contributed by atoms with Crippen molar-refractivity contribution in [3.8, 4) is 0 Å². The fraction of sp³-hybridized carbons (Fsp3) is 0.755. The molecule has 13 heteroatoms. The fourth-order valence-electron chi connectivity index (χ4n) is 6.57. The first-order valence-electron chi connectivity index (χ1n) is 24.1. The number of ether oxygens (including phenoxy) is 2. The zero-order valence-electron chi connectivity index (χ0n) is 38.7. The number of unbranched alkanes of at least 4 members (excludes halogenated alkanes) is 20. The zero-order chi connectivity index (χ0) is 45.8. The van der Waals surface area contributed by atoms with E-state index in [0.29, 0.717) is 12.8 Å². The van der Waals surface area contributed by atoms with E-state index in [1.165, 1.54) is 115 Å². The summed E-state index contributed by atoms with van der Waals surface area (Å²) in [4.78, 5) is 35.0. The molecule has 6 N–H and O–H groups in total. The summed E-state index contributed by atoms with van der Waals surface area (Å²) >= 11 is 0. The van der Waals surface area contributed by atoms with Crippen molar-refractivity contribution >= 4 is 19.8 Å². The van der Waals surface area contributed by atoms with Gasteiger partial charge < -0.3 is 35.4 Å². The van der Waals surface area contributed by atoms with E-state index in [-0.39, 0.29) is 45.4 Å². The van der Waals surface area contributed by atoms with Gasteiger partial charge in [0.05, 0.1) is 31.5 Å². The van der Waals surface area contributed by atoms with Crippen molar-refractivity contribution < 1.29 is 52.9 Å². The van der Waals surface area contributed by atoms with Crippen molar-refractivity contribution in [2.75, 3.05) is 26.4 Å². The number of phosphoric acid groups is 1. The molecular formula is C49H88NO11P. The van der Waals surface area contributed by atoms with Crippen LogP contribution < -0.4 is 5.73 Å². The Hall–Kier alpha value is -2.41. The second kappa shape index (κ2) is 43.8. The number of rotatable bonds is 44. The van der Waals surface area contributed by atoms with Crippen LogP contribution in [0, 0.1) is 0 Å². The molecule has 0 spiro atoms. The van der Waals surface area contributed by atoms with Crippen LogP contribution in [-0.4, -0.2) is 82.9 Å². The topological polar surface area (TPSA) is 195 Å². The molecule has 0 aromatic rings. The van der Waals surface area contributed by atoms with Gasteiger partial charge in [-0.15, -0.1) is 0 Å². The average Bonchev–Trinajstić information content (AvgIpc) is 3.25. The molecule has 0 rings (SSSR count). The highest BCUT2D eigenvalue weighted by atomic mass is 31.2. The van der Waals surface area contributed by atoms with Crippen LogP contribution in [0.1, 0.15) is 187 Å². The maximum atomic E-state index is 12.6. The lowest BCUT2D eigenvalue weighted by molar-refractivity contribution is -0.161. The smallest absolute Gasteiger partial charge is 0.462 e. The van der Waals surface area contributed by atoms with E-state index in [2.05, 4.69) is 6.92 Å². The Morgan fingerprint density at radius 1 is 0.597 bits per heavy atom. The number of aliphatic hydroxyl groups excluding tert-OH is 3. The van der Waals surface area contributed by atoms with Crippen LogP contribution >= 0.6 is 7.82 Å². The molecule has 62 heavy (non-hydrogen) atoms. The largest absolute Gasteiger partial charge is 0.472 e. The Morgan fingerprint density at radius 2 is 1.08 bits per heavy atom. The molecule has 0 aromatic carbocycles. The second-order valence-electron chi connectivity index (χ2n) is 16.2. The van der Waals surface area contributed by atoms with Gasteiger partial charge in [0.25, 0.3) is 0 Å². The van der Waals surface area contributed by atoms with Crippen LogP contribution in [0.5, 0.6) is 0 Å². The molecule has 360 valence electrons. The molecule has 0 amide bonds. The highest BCUT2D eigenvalue weighted by molar-refractivity contribution is 7.47. The van der Waals surface area contributed by atoms with E-state index in [0.717, 1.165) is 25.7 Å². The summed E-state index contributed by atoms with van der Waals surface area (Å²) in [6.07, 6.45) is 42.0. The number of hydrogen-bond acceptors (Lipinski definition) is 11. The summed E-state index contributed by atoms with van der Waals surface area (Å²) < 4.78 is 32.6. The Labute approximate surface area is 376 Å². The molecular weight excluding hydrogens is 810 g/mol. The third-order valence-electron chi connectivity index (χ3n) is 10.3. The summed E-state index contributed by atoms with van der Waals surface area (Å²) in [7, 11) is -4.48. The van der Waals surface area contributed by atoms with Gasteiger partial charge in [-0.25, -0.2) is 4.57 Å². The average molecular weight is 898 g/mol. The number of allylic oxidation sites excluding steroid dienone is 7. The molecule has 0 fully saturated rings. The van der Waals surface area contributed by atoms with Gasteiger partial charge in [-0.05, 0) is 32.1 Å². The summed E-state index contributed by atoms with van der Waals surface area (Å²) in [6, 6.07) is 0. The van der Waals surface area contributed by atoms with Gasteiger partial charge in [0.1, 0.15) is 6.61 Å². The van der Waals surface area contributed by atoms with E-state index in [4.69, 9.17) is 24.3 Å². The molecule has 12 nitrogen and oxygen atoms in total. The van der Waals surface area contributed by atoms with Gasteiger partial charge in [-0.2, -0.15) is 0 Å². The molecule has 0 saturated heterocycles. The van der Waals surface area contributed by atoms with Crippen molar-refractivity contribution in [3.05, 3.63) is 60.8 Å². The van der Waals surface area contributed by atoms with Crippen LogP contribution in [0.3, 0.4) is 0 Å². The molecule has 0 heterocycles. The lowest BCUT2D eigenvalue weighted by Gasteiger charge is -2.20. The van der Waals surface area contributed by atoms with Crippen LogP contribution in [0.25, 0.3) is 0 Å². The first-order chi connectivity index (χ1) is 30.0. The van der Waals surface area contributed by atoms with Crippen LogP contribution in [0.15, 0.2) is 60.8 Å². The molecule has 1 unspecified atom stereocenters. The lowest BCUT2D eigenvalue weighted by atomic mass is 10.0. The third-order valence-corrected chi connectivity index (χ3v) is 11.2. The lowest BCUT2D eigenvalue weighted by Crippen LogP contribution is -2.30. The van der Waals surface area contributed by atoms with Gasteiger partial charge >= 0.3 is 19.8 Å². The van der Waals surface area contributed by atoms with E-state index < -0.39 is 50.8 Å². The Bertz CT molecular complexity index is 1250. The standard InChI is InChI=1S/C49H88NO11P/c1-3-5-7-8-9-10-11-12-13-14-15-16-17-18-19-20-21-22-23-28-32-38-48(54)58-42-45(43-60-62(56,57)59-41-40-50)61-49(55)39-33-37-47(53)46(52)36-31-27-25-24-26-30-35-44(51)34-29-6-4-2/h6,24-27,29-31,35-36,44-47,51-53H,3-5,7-23,28,32-34,37-43,50H2,1-2H3,(H,56,57)/b26-24+,27-25-,29-6-,35-30+,36-31-/t44-,45+,46+,47+/m0/s1. The summed E-state index contributed by atoms with van der Waals surface area (Å²) in [5, 5.41) is 30.5. The number of carbonyl (C=O) groups excluding carboxylic acids is 2. The molecule has 0 aromatic heterocycles. The first kappa shape index (κ1) is 59.6. The van der Waals surface area contributed by atoms with Gasteiger partial charge in [0.2, 0.25) is 0 Å². The van der Waals surface area contributed by atoms with Crippen molar-refractivity contribution in [2.45, 2.75) is 212 Å². The summed E-state index contributed by atoms with van der Waals surface area (Å²) in [5.41, 5.74) is 5.34. The first-order valence-corrected chi connectivity index (χ1v) is 25.6. The second-order valence-corrected chi connectivity index (χ2v) is 17.6. The maximum absolute atomic E-state index is 12.6. The monoisotopic (exact) mass is 898 g/mol. The number of hydrogen-bond donors (Lipinski definition) is 5. The van der Waals surface area contributed by atoms with Crippen molar-refractivity contribution in [2.24, 2.45) is 5.73 Å². The predicted octanol–water partition coefficient (Wildman–Crippen LogP) is 11.0. The molecule has 0 aliphatic rings. The van der Waals surface area contributed by atoms with Crippen molar-refractivity contribution in [1.82, 2.24) is 0 Å². The normalized spacial score (nSPS) is 15.3. The summed E-state index contributed by atoms with van der Waals surface area (Å²) in [5.74, 6) is -1.16. The quantitative estimate of drug-likeness (QED) is 0.0128. The Kier molecular flexibility index (Phi) is 42.1. The van der Waals surface area contributed by atoms with E-state index in [1.54, 1.807) is 42.5 Å². The minimum absolute atomic E-state index is 0.00405. The van der Waals surface area contributed by atoms with E-state index in [9.17, 15) is 34.4 Å². The maximum Gasteiger partial charge on any atom is 0.472 e. The van der Waals surface area contributed by atoms with Gasteiger partial charge in [0, 0.05) is 19.4 Å². The third kappa shape index (κ3) is 41.6. The molecule has 5 atom stereocenters. The van der Waals surface area contributed by atoms with E-state index in [1.807, 2.05) is 19.1 Å². The SMILES string of the molecule is CC/C=C\C[C@H](O)/C=C/C=C/C=C\C=C/[C@@H](O)[C@H](O)CCCC(=O)O[C@H](COC(=O)CCCCCCCCCCCCCCCCCCCCCCC)COP(=O)(O)OCCN. The van der Waals surface area contributed by atoms with Gasteiger partial charge in [-0.1, -0.05) is 203 Å². The van der Waals surface area contributed by atoms with Gasteiger partial charge in [-0.3, -0.25) is 18.6 Å². The molecule has 0 aliphatic heterocycles. The highest BCUT2D eigenvalue weighted by Gasteiger charge is 2.26. The highest BCUT2D eigenvalue weighted by Crippen LogP contribution is 2.43. The molecule has 0 radical (unpaired) electrons. The number of esters is 2. The molecule has 0 aliphatic carbocycles.